The summed E-state index contributed by atoms with van der Waals surface area (Å²) >= 11 is 9.96. The Balaban J connectivity index is 1.70. The SMILES string of the molecule is Cc1ccc(Cl)c(CC2=CCC(c3cncs3)S2)c1. The summed E-state index contributed by atoms with van der Waals surface area (Å²) in [6, 6.07) is 6.24. The highest BCUT2D eigenvalue weighted by atomic mass is 35.5. The Hall–Kier alpha value is -0.770. The molecule has 1 nitrogen and oxygen atoms in total. The Kier molecular flexibility index (Phi) is 3.96. The van der Waals surface area contributed by atoms with E-state index in [4.69, 9.17) is 11.6 Å². The minimum Gasteiger partial charge on any atom is -0.253 e. The molecule has 1 aliphatic rings. The van der Waals surface area contributed by atoms with Gasteiger partial charge >= 0.3 is 0 Å². The Bertz CT molecular complexity index is 605. The van der Waals surface area contributed by atoms with Crippen LogP contribution in [0.4, 0.5) is 0 Å². The monoisotopic (exact) mass is 307 g/mol. The largest absolute Gasteiger partial charge is 0.253 e. The van der Waals surface area contributed by atoms with E-state index in [1.54, 1.807) is 11.3 Å². The highest BCUT2D eigenvalue weighted by Gasteiger charge is 2.21. The number of thiazole rings is 1. The molecule has 3 rings (SSSR count). The van der Waals surface area contributed by atoms with E-state index in [1.807, 2.05) is 29.5 Å². The van der Waals surface area contributed by atoms with Crippen LogP contribution in [0.3, 0.4) is 0 Å². The number of aryl methyl sites for hydroxylation is 1. The van der Waals surface area contributed by atoms with E-state index < -0.39 is 0 Å². The van der Waals surface area contributed by atoms with Crippen molar-refractivity contribution in [1.29, 1.82) is 0 Å². The van der Waals surface area contributed by atoms with Crippen LogP contribution < -0.4 is 0 Å². The standard InChI is InChI=1S/C15H14ClNS2/c1-10-2-4-13(16)11(6-10)7-12-3-5-14(19-12)15-8-17-9-18-15/h2-4,6,8-9,14H,5,7H2,1H3. The first kappa shape index (κ1) is 13.2. The van der Waals surface area contributed by atoms with Crippen molar-refractivity contribution in [3.63, 3.8) is 0 Å². The topological polar surface area (TPSA) is 12.9 Å². The maximum absolute atomic E-state index is 6.27. The van der Waals surface area contributed by atoms with Crippen molar-refractivity contribution in [2.45, 2.75) is 25.0 Å². The average molecular weight is 308 g/mol. The number of hydrogen-bond acceptors (Lipinski definition) is 3. The van der Waals surface area contributed by atoms with Crippen molar-refractivity contribution >= 4 is 34.7 Å². The molecule has 0 aliphatic carbocycles. The van der Waals surface area contributed by atoms with Gasteiger partial charge in [0, 0.05) is 27.8 Å². The molecule has 4 heteroatoms. The lowest BCUT2D eigenvalue weighted by atomic mass is 10.1. The fourth-order valence-corrected chi connectivity index (χ4v) is 4.49. The Morgan fingerprint density at radius 2 is 2.32 bits per heavy atom. The molecule has 98 valence electrons. The molecule has 0 saturated heterocycles. The molecule has 1 aromatic carbocycles. The molecule has 0 bridgehead atoms. The van der Waals surface area contributed by atoms with Gasteiger partial charge in [0.15, 0.2) is 0 Å². The summed E-state index contributed by atoms with van der Waals surface area (Å²) in [4.78, 5) is 6.95. The van der Waals surface area contributed by atoms with Crippen LogP contribution in [0.25, 0.3) is 0 Å². The average Bonchev–Trinajstić information content (AvgIpc) is 3.04. The number of benzene rings is 1. The molecule has 1 aliphatic heterocycles. The molecule has 1 aromatic heterocycles. The van der Waals surface area contributed by atoms with E-state index in [0.717, 1.165) is 17.9 Å². The maximum atomic E-state index is 6.27. The second kappa shape index (κ2) is 5.70. The number of thioether (sulfide) groups is 1. The fourth-order valence-electron chi connectivity index (χ4n) is 2.22. The van der Waals surface area contributed by atoms with Crippen molar-refractivity contribution in [2.75, 3.05) is 0 Å². The number of allylic oxidation sites excluding steroid dienone is 2. The first-order valence-corrected chi connectivity index (χ1v) is 8.35. The highest BCUT2D eigenvalue weighted by molar-refractivity contribution is 8.03. The third-order valence-corrected chi connectivity index (χ3v) is 5.94. The van der Waals surface area contributed by atoms with E-state index in [0.29, 0.717) is 5.25 Å². The Morgan fingerprint density at radius 1 is 1.42 bits per heavy atom. The summed E-state index contributed by atoms with van der Waals surface area (Å²) in [6.07, 6.45) is 6.37. The van der Waals surface area contributed by atoms with E-state index in [1.165, 1.54) is 20.9 Å². The van der Waals surface area contributed by atoms with Crippen molar-refractivity contribution in [1.82, 2.24) is 4.98 Å². The Morgan fingerprint density at radius 3 is 3.11 bits per heavy atom. The van der Waals surface area contributed by atoms with Gasteiger partial charge in [-0.1, -0.05) is 35.4 Å². The first-order valence-electron chi connectivity index (χ1n) is 6.21. The molecule has 0 saturated carbocycles. The molecule has 0 spiro atoms. The zero-order valence-electron chi connectivity index (χ0n) is 10.6. The molecule has 1 atom stereocenters. The van der Waals surface area contributed by atoms with Crippen LogP contribution in [0.5, 0.6) is 0 Å². The van der Waals surface area contributed by atoms with Crippen LogP contribution in [-0.2, 0) is 6.42 Å². The minimum absolute atomic E-state index is 0.547. The zero-order valence-corrected chi connectivity index (χ0v) is 13.0. The van der Waals surface area contributed by atoms with E-state index in [-0.39, 0.29) is 0 Å². The molecule has 19 heavy (non-hydrogen) atoms. The predicted octanol–water partition coefficient (Wildman–Crippen LogP) is 5.41. The van der Waals surface area contributed by atoms with Crippen LogP contribution in [0.2, 0.25) is 5.02 Å². The Labute approximate surface area is 126 Å². The minimum atomic E-state index is 0.547. The van der Waals surface area contributed by atoms with Gasteiger partial charge in [0.2, 0.25) is 0 Å². The molecule has 2 heterocycles. The van der Waals surface area contributed by atoms with Crippen molar-refractivity contribution in [3.05, 3.63) is 61.9 Å². The zero-order chi connectivity index (χ0) is 13.2. The molecule has 0 amide bonds. The number of halogens is 1. The fraction of sp³-hybridized carbons (Fsp3) is 0.267. The molecular weight excluding hydrogens is 294 g/mol. The number of rotatable bonds is 3. The first-order chi connectivity index (χ1) is 9.22. The summed E-state index contributed by atoms with van der Waals surface area (Å²) in [5.41, 5.74) is 4.40. The van der Waals surface area contributed by atoms with E-state index in [9.17, 15) is 0 Å². The van der Waals surface area contributed by atoms with Crippen LogP contribution >= 0.6 is 34.7 Å². The van der Waals surface area contributed by atoms with Crippen molar-refractivity contribution < 1.29 is 0 Å². The van der Waals surface area contributed by atoms with Gasteiger partial charge in [-0.2, -0.15) is 0 Å². The summed E-state index contributed by atoms with van der Waals surface area (Å²) in [6.45, 7) is 2.11. The lowest BCUT2D eigenvalue weighted by molar-refractivity contribution is 1.01. The second-order valence-corrected chi connectivity index (χ2v) is 7.34. The van der Waals surface area contributed by atoms with Gasteiger partial charge < -0.3 is 0 Å². The van der Waals surface area contributed by atoms with E-state index >= 15 is 0 Å². The van der Waals surface area contributed by atoms with Crippen molar-refractivity contribution in [2.24, 2.45) is 0 Å². The third kappa shape index (κ3) is 3.04. The summed E-state index contributed by atoms with van der Waals surface area (Å²) in [5.74, 6) is 0. The quantitative estimate of drug-likeness (QED) is 0.752. The third-order valence-electron chi connectivity index (χ3n) is 3.19. The number of nitrogens with zero attached hydrogens (tertiary/aromatic N) is 1. The smallest absolute Gasteiger partial charge is 0.0794 e. The molecule has 0 fully saturated rings. The van der Waals surface area contributed by atoms with Gasteiger partial charge in [-0.3, -0.25) is 4.98 Å². The van der Waals surface area contributed by atoms with Crippen LogP contribution in [0.15, 0.2) is 40.9 Å². The van der Waals surface area contributed by atoms with Gasteiger partial charge in [-0.05, 0) is 29.9 Å². The van der Waals surface area contributed by atoms with Gasteiger partial charge in [-0.25, -0.2) is 0 Å². The second-order valence-electron chi connectivity index (χ2n) is 4.69. The van der Waals surface area contributed by atoms with Gasteiger partial charge in [0.05, 0.1) is 5.51 Å². The molecular formula is C15H14ClNS2. The highest BCUT2D eigenvalue weighted by Crippen LogP contribution is 2.46. The van der Waals surface area contributed by atoms with Crippen LogP contribution in [0, 0.1) is 6.92 Å². The summed E-state index contributed by atoms with van der Waals surface area (Å²) < 4.78 is 0. The van der Waals surface area contributed by atoms with Crippen molar-refractivity contribution in [3.8, 4) is 0 Å². The van der Waals surface area contributed by atoms with Crippen LogP contribution in [0.1, 0.15) is 27.7 Å². The van der Waals surface area contributed by atoms with E-state index in [2.05, 4.69) is 30.1 Å². The number of hydrogen-bond donors (Lipinski definition) is 0. The number of aromatic nitrogens is 1. The lowest BCUT2D eigenvalue weighted by Crippen LogP contribution is -1.89. The van der Waals surface area contributed by atoms with Crippen LogP contribution in [-0.4, -0.2) is 4.98 Å². The molecule has 2 aromatic rings. The van der Waals surface area contributed by atoms with Gasteiger partial charge in [-0.15, -0.1) is 23.1 Å². The molecule has 0 N–H and O–H groups in total. The summed E-state index contributed by atoms with van der Waals surface area (Å²) in [5, 5.41) is 1.42. The predicted molar refractivity (Wildman–Crippen MR) is 85.0 cm³/mol. The van der Waals surface area contributed by atoms with Gasteiger partial charge in [0.25, 0.3) is 0 Å². The maximum Gasteiger partial charge on any atom is 0.0794 e. The molecule has 1 unspecified atom stereocenters. The van der Waals surface area contributed by atoms with Gasteiger partial charge in [0.1, 0.15) is 0 Å². The normalized spacial score (nSPS) is 18.6. The lowest BCUT2D eigenvalue weighted by Gasteiger charge is -2.09. The summed E-state index contributed by atoms with van der Waals surface area (Å²) in [7, 11) is 0. The molecule has 0 radical (unpaired) electrons.